The van der Waals surface area contributed by atoms with Gasteiger partial charge in [-0.1, -0.05) is 6.07 Å². The molecule has 2 rings (SSSR count). The summed E-state index contributed by atoms with van der Waals surface area (Å²) in [6.45, 7) is 0.346. The summed E-state index contributed by atoms with van der Waals surface area (Å²) in [5.41, 5.74) is 1.78. The first-order valence-corrected chi connectivity index (χ1v) is 6.08. The maximum absolute atomic E-state index is 12.3. The van der Waals surface area contributed by atoms with Gasteiger partial charge >= 0.3 is 5.51 Å². The van der Waals surface area contributed by atoms with E-state index in [0.29, 0.717) is 12.2 Å². The number of hydrogen-bond donors (Lipinski definition) is 1. The fourth-order valence-corrected chi connectivity index (χ4v) is 2.43. The second kappa shape index (κ2) is 4.81. The van der Waals surface area contributed by atoms with Gasteiger partial charge in [0.05, 0.1) is 0 Å². The van der Waals surface area contributed by atoms with Crippen molar-refractivity contribution in [2.24, 2.45) is 5.73 Å². The van der Waals surface area contributed by atoms with Crippen molar-refractivity contribution < 1.29 is 18.0 Å². The molecule has 1 heterocycles. The minimum absolute atomic E-state index is 0.0632. The van der Waals surface area contributed by atoms with Gasteiger partial charge in [0.25, 0.3) is 0 Å². The van der Waals surface area contributed by atoms with Gasteiger partial charge in [-0.3, -0.25) is 4.79 Å². The highest BCUT2D eigenvalue weighted by molar-refractivity contribution is 8.00. The Hall–Kier alpha value is -1.21. The second-order valence-electron chi connectivity index (χ2n) is 4.01. The molecule has 1 fully saturated rings. The van der Waals surface area contributed by atoms with Crippen LogP contribution in [-0.2, 0) is 4.79 Å². The predicted molar refractivity (Wildman–Crippen MR) is 63.3 cm³/mol. The summed E-state index contributed by atoms with van der Waals surface area (Å²) >= 11 is -0.193. The molecule has 18 heavy (non-hydrogen) atoms. The highest BCUT2D eigenvalue weighted by Gasteiger charge is 2.31. The molecule has 1 aromatic rings. The molecule has 1 aliphatic rings. The molecule has 1 amide bonds. The van der Waals surface area contributed by atoms with Crippen LogP contribution in [0.15, 0.2) is 29.2 Å². The molecule has 1 saturated heterocycles. The van der Waals surface area contributed by atoms with E-state index >= 15 is 0 Å². The van der Waals surface area contributed by atoms with Gasteiger partial charge in [0, 0.05) is 29.6 Å². The molecule has 1 aromatic carbocycles. The van der Waals surface area contributed by atoms with Gasteiger partial charge in [0.2, 0.25) is 5.91 Å². The van der Waals surface area contributed by atoms with E-state index in [1.54, 1.807) is 6.07 Å². The summed E-state index contributed by atoms with van der Waals surface area (Å²) in [5, 5.41) is 0. The Morgan fingerprint density at radius 1 is 1.39 bits per heavy atom. The van der Waals surface area contributed by atoms with Crippen LogP contribution in [0.5, 0.6) is 0 Å². The van der Waals surface area contributed by atoms with Crippen molar-refractivity contribution in [1.29, 1.82) is 0 Å². The minimum atomic E-state index is -4.33. The number of nitrogens with zero attached hydrogens (tertiary/aromatic N) is 1. The van der Waals surface area contributed by atoms with Crippen LogP contribution in [0, 0.1) is 0 Å². The van der Waals surface area contributed by atoms with Crippen molar-refractivity contribution in [3.63, 3.8) is 0 Å². The van der Waals surface area contributed by atoms with E-state index in [9.17, 15) is 18.0 Å². The average molecular weight is 276 g/mol. The van der Waals surface area contributed by atoms with Gasteiger partial charge in [-0.25, -0.2) is 0 Å². The van der Waals surface area contributed by atoms with Crippen molar-refractivity contribution in [2.45, 2.75) is 22.9 Å². The lowest BCUT2D eigenvalue weighted by Crippen LogP contribution is -2.27. The summed E-state index contributed by atoms with van der Waals surface area (Å²) in [7, 11) is 0. The maximum atomic E-state index is 12.3. The van der Waals surface area contributed by atoms with Crippen LogP contribution in [0.4, 0.5) is 18.9 Å². The van der Waals surface area contributed by atoms with E-state index in [0.717, 1.165) is 0 Å². The van der Waals surface area contributed by atoms with Gasteiger partial charge in [-0.05, 0) is 30.0 Å². The second-order valence-corrected chi connectivity index (χ2v) is 5.15. The van der Waals surface area contributed by atoms with E-state index in [4.69, 9.17) is 5.73 Å². The number of amides is 1. The molecule has 0 saturated carbocycles. The van der Waals surface area contributed by atoms with Gasteiger partial charge in [-0.2, -0.15) is 13.2 Å². The molecule has 0 aromatic heterocycles. The Morgan fingerprint density at radius 3 is 2.67 bits per heavy atom. The zero-order valence-electron chi connectivity index (χ0n) is 9.28. The summed E-state index contributed by atoms with van der Waals surface area (Å²) in [5.74, 6) is -0.156. The zero-order valence-corrected chi connectivity index (χ0v) is 10.1. The standard InChI is InChI=1S/C11H11F3N2OS/c12-11(13,14)18-9-3-1-2-8(5-9)16-6-7(15)4-10(16)17/h1-3,5,7H,4,6,15H2. The van der Waals surface area contributed by atoms with E-state index in [-0.39, 0.29) is 35.0 Å². The number of carbonyl (C=O) groups excluding carboxylic acids is 1. The third-order valence-corrected chi connectivity index (χ3v) is 3.24. The van der Waals surface area contributed by atoms with E-state index < -0.39 is 5.51 Å². The number of carbonyl (C=O) groups is 1. The van der Waals surface area contributed by atoms with Gasteiger partial charge < -0.3 is 10.6 Å². The van der Waals surface area contributed by atoms with Crippen molar-refractivity contribution >= 4 is 23.4 Å². The van der Waals surface area contributed by atoms with Crippen LogP contribution in [0.25, 0.3) is 0 Å². The summed E-state index contributed by atoms with van der Waals surface area (Å²) in [6.07, 6.45) is 0.233. The molecule has 98 valence electrons. The summed E-state index contributed by atoms with van der Waals surface area (Å²) < 4.78 is 36.8. The van der Waals surface area contributed by atoms with Crippen molar-refractivity contribution in [1.82, 2.24) is 0 Å². The molecule has 0 bridgehead atoms. The highest BCUT2D eigenvalue weighted by Crippen LogP contribution is 2.38. The molecule has 2 N–H and O–H groups in total. The molecule has 1 aliphatic heterocycles. The molecule has 1 unspecified atom stereocenters. The first-order valence-electron chi connectivity index (χ1n) is 5.27. The lowest BCUT2D eigenvalue weighted by atomic mass is 10.3. The Labute approximate surface area is 106 Å². The highest BCUT2D eigenvalue weighted by atomic mass is 32.2. The van der Waals surface area contributed by atoms with Crippen LogP contribution < -0.4 is 10.6 Å². The monoisotopic (exact) mass is 276 g/mol. The normalized spacial score (nSPS) is 20.6. The van der Waals surface area contributed by atoms with Crippen molar-refractivity contribution in [3.8, 4) is 0 Å². The van der Waals surface area contributed by atoms with E-state index in [1.807, 2.05) is 0 Å². The number of halogens is 3. The van der Waals surface area contributed by atoms with Crippen LogP contribution in [-0.4, -0.2) is 24.0 Å². The Balaban J connectivity index is 2.20. The number of anilines is 1. The fraction of sp³-hybridized carbons (Fsp3) is 0.364. The molecule has 0 radical (unpaired) electrons. The lowest BCUT2D eigenvalue weighted by Gasteiger charge is -2.17. The molecule has 3 nitrogen and oxygen atoms in total. The molecule has 0 spiro atoms. The molecule has 0 aliphatic carbocycles. The largest absolute Gasteiger partial charge is 0.446 e. The molecule has 1 atom stereocenters. The average Bonchev–Trinajstić information content (AvgIpc) is 2.55. The quantitative estimate of drug-likeness (QED) is 0.843. The zero-order chi connectivity index (χ0) is 13.3. The first kappa shape index (κ1) is 13.2. The number of thioether (sulfide) groups is 1. The van der Waals surface area contributed by atoms with Gasteiger partial charge in [0.15, 0.2) is 0 Å². The summed E-state index contributed by atoms with van der Waals surface area (Å²) in [4.78, 5) is 13.1. The summed E-state index contributed by atoms with van der Waals surface area (Å²) in [6, 6.07) is 5.57. The smallest absolute Gasteiger partial charge is 0.326 e. The van der Waals surface area contributed by atoms with E-state index in [2.05, 4.69) is 0 Å². The molecular weight excluding hydrogens is 265 g/mol. The van der Waals surface area contributed by atoms with Crippen LogP contribution in [0.2, 0.25) is 0 Å². The number of rotatable bonds is 2. The van der Waals surface area contributed by atoms with Crippen LogP contribution in [0.3, 0.4) is 0 Å². The van der Waals surface area contributed by atoms with Crippen molar-refractivity contribution in [3.05, 3.63) is 24.3 Å². The number of alkyl halides is 3. The third kappa shape index (κ3) is 3.17. The predicted octanol–water partition coefficient (Wildman–Crippen LogP) is 2.36. The van der Waals surface area contributed by atoms with E-state index in [1.165, 1.54) is 23.1 Å². The lowest BCUT2D eigenvalue weighted by molar-refractivity contribution is -0.117. The third-order valence-electron chi connectivity index (χ3n) is 2.52. The topological polar surface area (TPSA) is 46.3 Å². The number of benzene rings is 1. The molecule has 7 heteroatoms. The first-order chi connectivity index (χ1) is 8.35. The Kier molecular flexibility index (Phi) is 3.54. The van der Waals surface area contributed by atoms with Crippen LogP contribution >= 0.6 is 11.8 Å². The maximum Gasteiger partial charge on any atom is 0.446 e. The Morgan fingerprint density at radius 2 is 2.11 bits per heavy atom. The molecular formula is C11H11F3N2OS. The van der Waals surface area contributed by atoms with Crippen LogP contribution in [0.1, 0.15) is 6.42 Å². The Bertz CT molecular complexity index is 464. The number of nitrogens with two attached hydrogens (primary N) is 1. The number of hydrogen-bond acceptors (Lipinski definition) is 3. The fourth-order valence-electron chi connectivity index (χ4n) is 1.83. The van der Waals surface area contributed by atoms with Gasteiger partial charge in [-0.15, -0.1) is 0 Å². The SMILES string of the molecule is NC1CC(=O)N(c2cccc(SC(F)(F)F)c2)C1. The minimum Gasteiger partial charge on any atom is -0.326 e. The van der Waals surface area contributed by atoms with Gasteiger partial charge in [0.1, 0.15) is 0 Å². The van der Waals surface area contributed by atoms with Crippen molar-refractivity contribution in [2.75, 3.05) is 11.4 Å².